The Morgan fingerprint density at radius 2 is 0.708 bits per heavy atom. The van der Waals surface area contributed by atoms with E-state index in [0.29, 0.717) is 5.75 Å². The zero-order valence-corrected chi connectivity index (χ0v) is 49.9. The number of ketones is 2. The summed E-state index contributed by atoms with van der Waals surface area (Å²) in [5.41, 5.74) is 11.5. The Hall–Kier alpha value is -5.41. The standard InChI is InChI=1S/C50H88N8O29S2/c51-11-12-88-89-21-27(50(86)87)58-48(84)23(2-7-37(71)54-16-31(65)42(78)45(81)34(68)19-60)14-28(62)25(4-9-39(73)74)56-47(83)22(1-6-36(70)53-15-30(64)41(77)44(80)33(67)18-59)13-29(63)26(5-10-40(75)76)57-49(85)24(52)3-8-38(72)55-17-32(66)43(79)46(82)35(69)20-61/h22-27,30-35,41-46,59-61,64-69,77-82H,1-21,51-52H2,(H,53,70)(H,54,71)(H,55,72)(H,56,83)(H,57,85)(H,58,84)(H,73,74)(H,75,76)(H,86,87). The molecule has 0 heterocycles. The third-order valence-corrected chi connectivity index (χ3v) is 15.9. The lowest BCUT2D eigenvalue weighted by Crippen LogP contribution is -2.51. The van der Waals surface area contributed by atoms with E-state index in [2.05, 4.69) is 31.9 Å². The summed E-state index contributed by atoms with van der Waals surface area (Å²) < 4.78 is 0. The predicted octanol–water partition coefficient (Wildman–Crippen LogP) is -11.9. The first-order valence-corrected chi connectivity index (χ1v) is 30.3. The van der Waals surface area contributed by atoms with Crippen LogP contribution < -0.4 is 43.4 Å². The van der Waals surface area contributed by atoms with E-state index in [9.17, 15) is 129 Å². The lowest BCUT2D eigenvalue weighted by molar-refractivity contribution is -0.142. The quantitative estimate of drug-likeness (QED) is 0.0199. The van der Waals surface area contributed by atoms with Gasteiger partial charge in [-0.2, -0.15) is 0 Å². The van der Waals surface area contributed by atoms with Crippen molar-refractivity contribution in [2.45, 2.75) is 174 Å². The molecule has 39 heteroatoms. The van der Waals surface area contributed by atoms with Crippen molar-refractivity contribution in [2.24, 2.45) is 23.3 Å². The summed E-state index contributed by atoms with van der Waals surface area (Å²) in [6.45, 7) is -5.18. The second-order valence-electron chi connectivity index (χ2n) is 20.5. The topological polar surface area (TPSA) is 676 Å². The van der Waals surface area contributed by atoms with Crippen molar-refractivity contribution in [3.8, 4) is 0 Å². The van der Waals surface area contributed by atoms with Gasteiger partial charge < -0.3 is 135 Å². The van der Waals surface area contributed by atoms with E-state index in [1.165, 1.54) is 0 Å². The van der Waals surface area contributed by atoms with Gasteiger partial charge in [0.25, 0.3) is 0 Å². The molecular weight excluding hydrogens is 1240 g/mol. The van der Waals surface area contributed by atoms with Gasteiger partial charge in [0.15, 0.2) is 11.6 Å². The van der Waals surface area contributed by atoms with Crippen LogP contribution in [0, 0.1) is 11.8 Å². The van der Waals surface area contributed by atoms with E-state index in [1.54, 1.807) is 0 Å². The van der Waals surface area contributed by atoms with Crippen LogP contribution in [0.1, 0.15) is 77.0 Å². The summed E-state index contributed by atoms with van der Waals surface area (Å²) >= 11 is 0. The molecule has 0 aromatic rings. The Labute approximate surface area is 516 Å². The van der Waals surface area contributed by atoms with E-state index in [4.69, 9.17) is 26.8 Å². The maximum Gasteiger partial charge on any atom is 0.327 e. The number of hydrogen-bond donors (Lipinski definition) is 26. The fourth-order valence-electron chi connectivity index (χ4n) is 7.84. The number of nitrogens with one attached hydrogen (secondary N) is 6. The molecule has 0 radical (unpaired) electrons. The van der Waals surface area contributed by atoms with Crippen molar-refractivity contribution in [1.82, 2.24) is 31.9 Å². The third kappa shape index (κ3) is 33.5. The monoisotopic (exact) mass is 1330 g/mol. The molecule has 0 saturated heterocycles. The molecule has 0 saturated carbocycles. The van der Waals surface area contributed by atoms with E-state index < -0.39 is 291 Å². The Bertz CT molecular complexity index is 2230. The number of carboxylic acid groups (broad SMARTS) is 3. The smallest absolute Gasteiger partial charge is 0.327 e. The van der Waals surface area contributed by atoms with Crippen LogP contribution in [0.4, 0.5) is 0 Å². The summed E-state index contributed by atoms with van der Waals surface area (Å²) in [4.78, 5) is 145. The fourth-order valence-corrected chi connectivity index (χ4v) is 9.85. The molecule has 0 bridgehead atoms. The average Bonchev–Trinajstić information content (AvgIpc) is 2.68. The highest BCUT2D eigenvalue weighted by molar-refractivity contribution is 8.76. The number of rotatable bonds is 51. The Balaban J connectivity index is 7.12. The van der Waals surface area contributed by atoms with E-state index >= 15 is 0 Å². The first kappa shape index (κ1) is 83.6. The third-order valence-electron chi connectivity index (χ3n) is 13.4. The SMILES string of the molecule is NCCSSCC(NC(=O)C(CCC(=O)NCC(O)C(O)C(O)C(O)CO)CC(=O)C(CCC(=O)O)NC(=O)C(CCC(=O)NCC(O)C(O)C(O)C(O)CO)CC(=O)C(CCC(=O)O)NC(=O)C(N)CCC(=O)NCC(O)C(O)C(O)C(O)CO)C(=O)O. The molecule has 0 spiro atoms. The maximum absolute atomic E-state index is 14.4. The summed E-state index contributed by atoms with van der Waals surface area (Å²) in [6.07, 6.45) is -33.0. The highest BCUT2D eigenvalue weighted by atomic mass is 33.1. The Kier molecular flexibility index (Phi) is 42.2. The molecular formula is C50H88N8O29S2. The molecule has 0 fully saturated rings. The minimum absolute atomic E-state index is 0.206. The van der Waals surface area contributed by atoms with Gasteiger partial charge in [-0.1, -0.05) is 21.6 Å². The highest BCUT2D eigenvalue weighted by Gasteiger charge is 2.37. The van der Waals surface area contributed by atoms with Crippen molar-refractivity contribution in [3.63, 3.8) is 0 Å². The number of Topliss-reactive ketones (excluding diaryl/α,β-unsaturated/α-hetero) is 2. The van der Waals surface area contributed by atoms with Gasteiger partial charge in [0.1, 0.15) is 61.0 Å². The first-order valence-electron chi connectivity index (χ1n) is 27.8. The van der Waals surface area contributed by atoms with Crippen molar-refractivity contribution in [1.29, 1.82) is 0 Å². The second-order valence-corrected chi connectivity index (χ2v) is 23.2. The molecule has 28 N–H and O–H groups in total. The number of nitrogens with two attached hydrogens (primary N) is 2. The van der Waals surface area contributed by atoms with Gasteiger partial charge in [0.2, 0.25) is 35.4 Å². The summed E-state index contributed by atoms with van der Waals surface area (Å²) in [7, 11) is 2.16. The van der Waals surface area contributed by atoms with Gasteiger partial charge >= 0.3 is 17.9 Å². The normalized spacial score (nSPS) is 17.7. The molecule has 0 rings (SSSR count). The molecule has 0 aliphatic rings. The number of carboxylic acids is 3. The summed E-state index contributed by atoms with van der Waals surface area (Å²) in [5, 5.41) is 189. The number of aliphatic carboxylic acids is 3. The largest absolute Gasteiger partial charge is 0.481 e. The zero-order valence-electron chi connectivity index (χ0n) is 48.3. The molecule has 0 aliphatic heterocycles. The van der Waals surface area contributed by atoms with Gasteiger partial charge in [-0.3, -0.25) is 47.9 Å². The van der Waals surface area contributed by atoms with Crippen LogP contribution >= 0.6 is 21.6 Å². The molecule has 0 aromatic heterocycles. The minimum Gasteiger partial charge on any atom is -0.481 e. The first-order chi connectivity index (χ1) is 41.7. The van der Waals surface area contributed by atoms with Crippen molar-refractivity contribution >= 4 is 86.5 Å². The second kappa shape index (κ2) is 45.0. The molecule has 6 amide bonds. The maximum atomic E-state index is 14.4. The van der Waals surface area contributed by atoms with Crippen molar-refractivity contribution in [3.05, 3.63) is 0 Å². The zero-order chi connectivity index (χ0) is 68.2. The highest BCUT2D eigenvalue weighted by Crippen LogP contribution is 2.23. The molecule has 514 valence electrons. The molecule has 89 heavy (non-hydrogen) atoms. The number of amides is 6. The number of aliphatic hydroxyl groups excluding tert-OH is 15. The van der Waals surface area contributed by atoms with Crippen molar-refractivity contribution in [2.75, 3.05) is 57.5 Å². The Morgan fingerprint density at radius 3 is 1.02 bits per heavy atom. The van der Waals surface area contributed by atoms with Crippen LogP contribution in [0.25, 0.3) is 0 Å². The molecule has 0 aliphatic carbocycles. The van der Waals surface area contributed by atoms with E-state index in [1.807, 2.05) is 0 Å². The van der Waals surface area contributed by atoms with Crippen LogP contribution in [0.2, 0.25) is 0 Å². The van der Waals surface area contributed by atoms with Crippen LogP contribution in [0.15, 0.2) is 0 Å². The summed E-state index contributed by atoms with van der Waals surface area (Å²) in [5.74, 6) is -16.8. The van der Waals surface area contributed by atoms with Gasteiger partial charge in [-0.05, 0) is 32.1 Å². The molecule has 0 aromatic carbocycles. The van der Waals surface area contributed by atoms with E-state index in [-0.39, 0.29) is 12.3 Å². The fraction of sp³-hybridized carbons (Fsp3) is 0.780. The number of carbonyl (C=O) groups excluding carboxylic acids is 8. The predicted molar refractivity (Wildman–Crippen MR) is 305 cm³/mol. The number of hydrogen-bond acceptors (Lipinski definition) is 30. The van der Waals surface area contributed by atoms with Gasteiger partial charge in [0.05, 0.1) is 56.3 Å². The van der Waals surface area contributed by atoms with Crippen LogP contribution in [-0.4, -0.2) is 312 Å². The van der Waals surface area contributed by atoms with Crippen LogP contribution in [-0.2, 0) is 52.7 Å². The molecule has 18 unspecified atom stereocenters. The van der Waals surface area contributed by atoms with Crippen LogP contribution in [0.3, 0.4) is 0 Å². The average molecular weight is 1330 g/mol. The summed E-state index contributed by atoms with van der Waals surface area (Å²) in [6, 6.07) is -7.00. The van der Waals surface area contributed by atoms with E-state index in [0.717, 1.165) is 21.6 Å². The van der Waals surface area contributed by atoms with Gasteiger partial charge in [-0.15, -0.1) is 0 Å². The minimum atomic E-state index is -2.15. The number of aliphatic hydroxyl groups is 15. The van der Waals surface area contributed by atoms with Gasteiger partial charge in [0, 0.05) is 94.5 Å². The van der Waals surface area contributed by atoms with Gasteiger partial charge in [-0.25, -0.2) is 4.79 Å². The number of carbonyl (C=O) groups is 11. The molecule has 18 atom stereocenters. The lowest BCUT2D eigenvalue weighted by atomic mass is 9.89. The lowest BCUT2D eigenvalue weighted by Gasteiger charge is -2.26. The Morgan fingerprint density at radius 1 is 0.393 bits per heavy atom. The van der Waals surface area contributed by atoms with Crippen LogP contribution in [0.5, 0.6) is 0 Å². The van der Waals surface area contributed by atoms with Crippen molar-refractivity contribution < 1.29 is 145 Å². The molecule has 37 nitrogen and oxygen atoms in total.